The zero-order valence-electron chi connectivity index (χ0n) is 17.3. The Kier molecular flexibility index (Phi) is 5.14. The van der Waals surface area contributed by atoms with Crippen LogP contribution < -0.4 is 5.43 Å². The van der Waals surface area contributed by atoms with Crippen molar-refractivity contribution < 1.29 is 8.78 Å². The summed E-state index contributed by atoms with van der Waals surface area (Å²) >= 11 is 6.12. The Labute approximate surface area is 191 Å². The number of hydrogen-bond donors (Lipinski definition) is 0. The third-order valence-corrected chi connectivity index (χ3v) is 5.44. The van der Waals surface area contributed by atoms with Crippen LogP contribution in [0.15, 0.2) is 84.2 Å². The van der Waals surface area contributed by atoms with Crippen LogP contribution in [0.5, 0.6) is 0 Å². The number of aryl methyl sites for hydroxylation is 1. The molecule has 0 bridgehead atoms. The molecule has 0 aliphatic carbocycles. The van der Waals surface area contributed by atoms with Crippen molar-refractivity contribution in [2.75, 3.05) is 0 Å². The van der Waals surface area contributed by atoms with Crippen molar-refractivity contribution in [2.45, 2.75) is 6.92 Å². The predicted molar refractivity (Wildman–Crippen MR) is 121 cm³/mol. The summed E-state index contributed by atoms with van der Waals surface area (Å²) < 4.78 is 31.4. The normalized spacial score (nSPS) is 11.2. The number of nitrogens with zero attached hydrogens (tertiary/aromatic N) is 5. The Hall–Kier alpha value is -4.04. The second kappa shape index (κ2) is 8.14. The second-order valence-corrected chi connectivity index (χ2v) is 7.85. The monoisotopic (exact) mass is 463 g/mol. The van der Waals surface area contributed by atoms with Crippen LogP contribution in [0.25, 0.3) is 28.5 Å². The summed E-state index contributed by atoms with van der Waals surface area (Å²) in [6.07, 6.45) is 5.32. The van der Waals surface area contributed by atoms with E-state index in [1.165, 1.54) is 10.6 Å². The topological polar surface area (TPSA) is 57.6 Å². The molecule has 2 aromatic carbocycles. The molecular weight excluding hydrogens is 448 g/mol. The molecular formula is C24H16ClF2N5O. The summed E-state index contributed by atoms with van der Waals surface area (Å²) in [4.78, 5) is 12.7. The van der Waals surface area contributed by atoms with E-state index in [4.69, 9.17) is 11.6 Å². The van der Waals surface area contributed by atoms with Crippen LogP contribution in [0.3, 0.4) is 0 Å². The smallest absolute Gasteiger partial charge is 0.209 e. The van der Waals surface area contributed by atoms with Crippen molar-refractivity contribution in [1.29, 1.82) is 0 Å². The lowest BCUT2D eigenvalue weighted by molar-refractivity contribution is 0.516. The third kappa shape index (κ3) is 3.85. The standard InChI is InChI=1S/C24H16ClF2N5O/c1-15-11-17(30-13-19(26)20(27)14-30)5-6-21(15)31-10-8-23(33)24(29-31)22-7-9-28-32(22)18-4-2-3-16(25)12-18/h2-14H,1H3. The van der Waals surface area contributed by atoms with Gasteiger partial charge in [0.25, 0.3) is 0 Å². The molecule has 5 rings (SSSR count). The van der Waals surface area contributed by atoms with E-state index in [0.29, 0.717) is 27.8 Å². The number of halogens is 3. The number of hydrogen-bond acceptors (Lipinski definition) is 3. The minimum absolute atomic E-state index is 0.216. The van der Waals surface area contributed by atoms with Gasteiger partial charge < -0.3 is 4.57 Å². The first-order chi connectivity index (χ1) is 15.9. The van der Waals surface area contributed by atoms with E-state index in [-0.39, 0.29) is 11.1 Å². The van der Waals surface area contributed by atoms with Gasteiger partial charge in [-0.05, 0) is 55.0 Å². The molecule has 9 heteroatoms. The van der Waals surface area contributed by atoms with Crippen molar-refractivity contribution >= 4 is 11.6 Å². The quantitative estimate of drug-likeness (QED) is 0.372. The van der Waals surface area contributed by atoms with E-state index in [1.807, 2.05) is 13.0 Å². The van der Waals surface area contributed by atoms with Crippen molar-refractivity contribution in [1.82, 2.24) is 24.1 Å². The molecule has 0 unspecified atom stereocenters. The summed E-state index contributed by atoms with van der Waals surface area (Å²) in [7, 11) is 0. The van der Waals surface area contributed by atoms with Gasteiger partial charge in [-0.1, -0.05) is 17.7 Å². The Bertz CT molecular complexity index is 1530. The van der Waals surface area contributed by atoms with Crippen molar-refractivity contribution in [3.05, 3.63) is 112 Å². The molecule has 0 N–H and O–H groups in total. The highest BCUT2D eigenvalue weighted by Crippen LogP contribution is 2.23. The lowest BCUT2D eigenvalue weighted by Gasteiger charge is -2.13. The van der Waals surface area contributed by atoms with Gasteiger partial charge in [0, 0.05) is 35.4 Å². The fourth-order valence-corrected chi connectivity index (χ4v) is 3.81. The molecule has 0 spiro atoms. The molecule has 6 nitrogen and oxygen atoms in total. The molecule has 164 valence electrons. The first-order valence-electron chi connectivity index (χ1n) is 9.95. The maximum atomic E-state index is 13.4. The maximum absolute atomic E-state index is 13.4. The van der Waals surface area contributed by atoms with Crippen LogP contribution >= 0.6 is 11.6 Å². The highest BCUT2D eigenvalue weighted by atomic mass is 35.5. The van der Waals surface area contributed by atoms with E-state index in [0.717, 1.165) is 18.0 Å². The summed E-state index contributed by atoms with van der Waals surface area (Å²) in [5.41, 5.74) is 3.28. The molecule has 0 radical (unpaired) electrons. The van der Waals surface area contributed by atoms with Gasteiger partial charge in [-0.3, -0.25) is 4.79 Å². The van der Waals surface area contributed by atoms with Crippen LogP contribution in [0.1, 0.15) is 5.56 Å². The maximum Gasteiger partial charge on any atom is 0.209 e. The molecule has 0 saturated carbocycles. The minimum Gasteiger partial charge on any atom is -0.318 e. The minimum atomic E-state index is -0.917. The van der Waals surface area contributed by atoms with E-state index in [9.17, 15) is 13.6 Å². The Morgan fingerprint density at radius 2 is 1.73 bits per heavy atom. The van der Waals surface area contributed by atoms with Gasteiger partial charge in [-0.15, -0.1) is 0 Å². The SMILES string of the molecule is Cc1cc(-n2cc(F)c(F)c2)ccc1-n1ccc(=O)c(-c2ccnn2-c2cccc(Cl)c2)n1. The van der Waals surface area contributed by atoms with E-state index >= 15 is 0 Å². The predicted octanol–water partition coefficient (Wildman–Crippen LogP) is 5.12. The van der Waals surface area contributed by atoms with Crippen LogP contribution in [0, 0.1) is 18.6 Å². The lowest BCUT2D eigenvalue weighted by Crippen LogP contribution is -2.15. The fraction of sp³-hybridized carbons (Fsp3) is 0.0417. The van der Waals surface area contributed by atoms with E-state index in [1.54, 1.807) is 64.2 Å². The molecule has 33 heavy (non-hydrogen) atoms. The molecule has 5 aromatic rings. The average molecular weight is 464 g/mol. The van der Waals surface area contributed by atoms with Gasteiger partial charge in [-0.2, -0.15) is 10.2 Å². The highest BCUT2D eigenvalue weighted by molar-refractivity contribution is 6.30. The summed E-state index contributed by atoms with van der Waals surface area (Å²) in [6.45, 7) is 1.85. The molecule has 0 atom stereocenters. The molecule has 0 fully saturated rings. The number of aromatic nitrogens is 5. The Morgan fingerprint density at radius 1 is 0.939 bits per heavy atom. The van der Waals surface area contributed by atoms with Crippen molar-refractivity contribution in [2.24, 2.45) is 0 Å². The number of rotatable bonds is 4. The zero-order valence-corrected chi connectivity index (χ0v) is 18.0. The van der Waals surface area contributed by atoms with Crippen LogP contribution in [-0.4, -0.2) is 24.1 Å². The average Bonchev–Trinajstić information content (AvgIpc) is 3.41. The first kappa shape index (κ1) is 20.8. The summed E-state index contributed by atoms with van der Waals surface area (Å²) in [5.74, 6) is -1.83. The first-order valence-corrected chi connectivity index (χ1v) is 10.3. The van der Waals surface area contributed by atoms with Gasteiger partial charge in [0.05, 0.1) is 23.3 Å². The molecule has 3 aromatic heterocycles. The molecule has 0 aliphatic heterocycles. The molecule has 3 heterocycles. The highest BCUT2D eigenvalue weighted by Gasteiger charge is 2.15. The largest absolute Gasteiger partial charge is 0.318 e. The van der Waals surface area contributed by atoms with Crippen molar-refractivity contribution in [3.8, 4) is 28.5 Å². The second-order valence-electron chi connectivity index (χ2n) is 7.41. The lowest BCUT2D eigenvalue weighted by atomic mass is 10.1. The van der Waals surface area contributed by atoms with Gasteiger partial charge in [0.2, 0.25) is 5.43 Å². The van der Waals surface area contributed by atoms with E-state index < -0.39 is 11.6 Å². The fourth-order valence-electron chi connectivity index (χ4n) is 3.63. The van der Waals surface area contributed by atoms with Gasteiger partial charge in [0.15, 0.2) is 17.3 Å². The molecule has 0 amide bonds. The Balaban J connectivity index is 1.57. The van der Waals surface area contributed by atoms with Crippen LogP contribution in [0.4, 0.5) is 8.78 Å². The number of benzene rings is 2. The third-order valence-electron chi connectivity index (χ3n) is 5.20. The van der Waals surface area contributed by atoms with Gasteiger partial charge in [-0.25, -0.2) is 18.1 Å². The zero-order chi connectivity index (χ0) is 23.1. The van der Waals surface area contributed by atoms with E-state index in [2.05, 4.69) is 10.2 Å². The van der Waals surface area contributed by atoms with Crippen LogP contribution in [-0.2, 0) is 0 Å². The van der Waals surface area contributed by atoms with Crippen LogP contribution in [0.2, 0.25) is 5.02 Å². The summed E-state index contributed by atoms with van der Waals surface area (Å²) in [5, 5.41) is 9.43. The summed E-state index contributed by atoms with van der Waals surface area (Å²) in [6, 6.07) is 15.5. The molecule has 0 saturated heterocycles. The van der Waals surface area contributed by atoms with Gasteiger partial charge >= 0.3 is 0 Å². The van der Waals surface area contributed by atoms with Gasteiger partial charge in [0.1, 0.15) is 0 Å². The molecule has 0 aliphatic rings. The van der Waals surface area contributed by atoms with Crippen molar-refractivity contribution in [3.63, 3.8) is 0 Å². The Morgan fingerprint density at radius 3 is 2.45 bits per heavy atom.